The van der Waals surface area contributed by atoms with E-state index in [2.05, 4.69) is 50.5 Å². The molecule has 0 radical (unpaired) electrons. The van der Waals surface area contributed by atoms with E-state index in [0.29, 0.717) is 28.3 Å². The van der Waals surface area contributed by atoms with Crippen molar-refractivity contribution in [1.29, 1.82) is 0 Å². The third-order valence-electron chi connectivity index (χ3n) is 5.20. The second kappa shape index (κ2) is 12.3. The second-order valence-corrected chi connectivity index (χ2v) is 11.1. The average Bonchev–Trinajstić information content (AvgIpc) is 3.12. The number of carbonyl (C=O) groups excluding carboxylic acids is 3. The molecule has 0 unspecified atom stereocenters. The van der Waals surface area contributed by atoms with Gasteiger partial charge in [-0.15, -0.1) is 0 Å². The van der Waals surface area contributed by atoms with Gasteiger partial charge in [0, 0.05) is 11.3 Å². The first-order chi connectivity index (χ1) is 17.7. The van der Waals surface area contributed by atoms with Gasteiger partial charge in [0.2, 0.25) is 5.91 Å². The van der Waals surface area contributed by atoms with Crippen LogP contribution in [0.4, 0.5) is 14.9 Å². The SMILES string of the molecule is COc1ccc(NC(=O)CN2C(=O)S/C(=C/c3cc(I)c(OCc4ccccc4F)c(I)c3)C2=O)cc1. The van der Waals surface area contributed by atoms with Gasteiger partial charge in [-0.2, -0.15) is 0 Å². The lowest BCUT2D eigenvalue weighted by atomic mass is 10.2. The van der Waals surface area contributed by atoms with Gasteiger partial charge in [-0.3, -0.25) is 19.3 Å². The van der Waals surface area contributed by atoms with Crippen molar-refractivity contribution in [3.05, 3.63) is 89.7 Å². The number of hydrogen-bond acceptors (Lipinski definition) is 6. The van der Waals surface area contributed by atoms with Gasteiger partial charge in [0.05, 0.1) is 19.2 Å². The highest BCUT2D eigenvalue weighted by Gasteiger charge is 2.36. The molecule has 37 heavy (non-hydrogen) atoms. The molecule has 0 spiro atoms. The van der Waals surface area contributed by atoms with Crippen LogP contribution < -0.4 is 14.8 Å². The second-order valence-electron chi connectivity index (χ2n) is 7.74. The first-order valence-electron chi connectivity index (χ1n) is 10.8. The molecule has 3 aromatic carbocycles. The van der Waals surface area contributed by atoms with Gasteiger partial charge >= 0.3 is 0 Å². The van der Waals surface area contributed by atoms with E-state index >= 15 is 0 Å². The largest absolute Gasteiger partial charge is 0.497 e. The summed E-state index contributed by atoms with van der Waals surface area (Å²) in [5, 5.41) is 2.15. The monoisotopic (exact) mass is 744 g/mol. The van der Waals surface area contributed by atoms with E-state index < -0.39 is 23.6 Å². The molecule has 1 heterocycles. The lowest BCUT2D eigenvalue weighted by Gasteiger charge is -2.13. The highest BCUT2D eigenvalue weighted by Crippen LogP contribution is 2.35. The van der Waals surface area contributed by atoms with Crippen molar-refractivity contribution in [3.8, 4) is 11.5 Å². The number of amides is 3. The lowest BCUT2D eigenvalue weighted by Crippen LogP contribution is -2.36. The normalized spacial score (nSPS) is 14.3. The average molecular weight is 744 g/mol. The Morgan fingerprint density at radius 2 is 1.76 bits per heavy atom. The maximum absolute atomic E-state index is 13.9. The highest BCUT2D eigenvalue weighted by atomic mass is 127. The van der Waals surface area contributed by atoms with Crippen LogP contribution in [0.5, 0.6) is 11.5 Å². The number of rotatable bonds is 8. The van der Waals surface area contributed by atoms with Crippen LogP contribution in [-0.4, -0.2) is 35.6 Å². The smallest absolute Gasteiger partial charge is 0.294 e. The predicted molar refractivity (Wildman–Crippen MR) is 157 cm³/mol. The van der Waals surface area contributed by atoms with Crippen LogP contribution in [-0.2, 0) is 16.2 Å². The molecule has 0 bridgehead atoms. The van der Waals surface area contributed by atoms with E-state index in [9.17, 15) is 18.8 Å². The molecule has 4 rings (SSSR count). The molecule has 0 aliphatic carbocycles. The van der Waals surface area contributed by atoms with E-state index in [1.807, 2.05) is 12.1 Å². The van der Waals surface area contributed by atoms with E-state index in [0.717, 1.165) is 23.8 Å². The molecular weight excluding hydrogens is 725 g/mol. The molecule has 3 aromatic rings. The summed E-state index contributed by atoms with van der Waals surface area (Å²) in [5.74, 6) is -0.121. The summed E-state index contributed by atoms with van der Waals surface area (Å²) >= 11 is 5.00. The molecule has 1 aliphatic heterocycles. The van der Waals surface area contributed by atoms with Crippen LogP contribution in [0.25, 0.3) is 6.08 Å². The number of imide groups is 1. The van der Waals surface area contributed by atoms with Crippen LogP contribution in [0.1, 0.15) is 11.1 Å². The van der Waals surface area contributed by atoms with Gasteiger partial charge in [0.15, 0.2) is 0 Å². The molecule has 7 nitrogen and oxygen atoms in total. The van der Waals surface area contributed by atoms with Crippen LogP contribution in [0, 0.1) is 13.0 Å². The predicted octanol–water partition coefficient (Wildman–Crippen LogP) is 6.30. The van der Waals surface area contributed by atoms with E-state index in [1.54, 1.807) is 55.7 Å². The first-order valence-corrected chi connectivity index (χ1v) is 13.8. The Bertz CT molecular complexity index is 1370. The lowest BCUT2D eigenvalue weighted by molar-refractivity contribution is -0.127. The fraction of sp³-hybridized carbons (Fsp3) is 0.115. The third-order valence-corrected chi connectivity index (χ3v) is 7.71. The Morgan fingerprint density at radius 3 is 2.41 bits per heavy atom. The Labute approximate surface area is 244 Å². The topological polar surface area (TPSA) is 84.9 Å². The Hall–Kier alpha value is -2.65. The number of nitrogens with zero attached hydrogens (tertiary/aromatic N) is 1. The van der Waals surface area contributed by atoms with Crippen molar-refractivity contribution in [1.82, 2.24) is 4.90 Å². The maximum Gasteiger partial charge on any atom is 0.294 e. The summed E-state index contributed by atoms with van der Waals surface area (Å²) in [7, 11) is 1.54. The van der Waals surface area contributed by atoms with Crippen molar-refractivity contribution in [2.45, 2.75) is 6.61 Å². The van der Waals surface area contributed by atoms with Gasteiger partial charge in [-0.1, -0.05) is 18.2 Å². The van der Waals surface area contributed by atoms with Crippen LogP contribution in [0.3, 0.4) is 0 Å². The minimum atomic E-state index is -0.537. The van der Waals surface area contributed by atoms with Crippen molar-refractivity contribution in [3.63, 3.8) is 0 Å². The summed E-state index contributed by atoms with van der Waals surface area (Å²) < 4.78 is 26.4. The standard InChI is InChI=1S/C26H19FI2N2O5S/c1-35-18-8-6-17(7-9-18)30-23(32)13-31-25(33)22(37-26(31)34)12-15-10-20(28)24(21(29)11-15)36-14-16-4-2-3-5-19(16)27/h2-12H,13-14H2,1H3,(H,30,32)/b22-12+. The number of benzene rings is 3. The molecule has 0 atom stereocenters. The van der Waals surface area contributed by atoms with E-state index in [-0.39, 0.29) is 17.3 Å². The molecular formula is C26H19FI2N2O5S. The zero-order valence-corrected chi connectivity index (χ0v) is 24.4. The number of thioether (sulfide) groups is 1. The maximum atomic E-state index is 13.9. The molecule has 0 aromatic heterocycles. The molecule has 1 N–H and O–H groups in total. The fourth-order valence-electron chi connectivity index (χ4n) is 3.37. The summed E-state index contributed by atoms with van der Waals surface area (Å²) in [6.45, 7) is -0.318. The van der Waals surface area contributed by atoms with Crippen molar-refractivity contribution >= 4 is 85.8 Å². The number of nitrogens with one attached hydrogen (secondary N) is 1. The van der Waals surface area contributed by atoms with Crippen LogP contribution >= 0.6 is 56.9 Å². The molecule has 11 heteroatoms. The number of methoxy groups -OCH3 is 1. The minimum absolute atomic E-state index is 0.0789. The highest BCUT2D eigenvalue weighted by molar-refractivity contribution is 14.1. The van der Waals surface area contributed by atoms with Crippen molar-refractivity contribution < 1.29 is 28.2 Å². The van der Waals surface area contributed by atoms with Gasteiger partial charge in [0.1, 0.15) is 30.5 Å². The van der Waals surface area contributed by atoms with Gasteiger partial charge < -0.3 is 14.8 Å². The molecule has 190 valence electrons. The summed E-state index contributed by atoms with van der Waals surface area (Å²) in [6.07, 6.45) is 1.61. The van der Waals surface area contributed by atoms with Crippen LogP contribution in [0.15, 0.2) is 65.6 Å². The van der Waals surface area contributed by atoms with Crippen molar-refractivity contribution in [2.24, 2.45) is 0 Å². The summed E-state index contributed by atoms with van der Waals surface area (Å²) in [5.41, 5.74) is 1.66. The van der Waals surface area contributed by atoms with Gasteiger partial charge in [0.25, 0.3) is 11.1 Å². The molecule has 1 saturated heterocycles. The quantitative estimate of drug-likeness (QED) is 0.216. The third kappa shape index (κ3) is 6.82. The number of halogens is 3. The zero-order chi connectivity index (χ0) is 26.5. The Balaban J connectivity index is 1.43. The Kier molecular flexibility index (Phi) is 9.08. The van der Waals surface area contributed by atoms with E-state index in [4.69, 9.17) is 9.47 Å². The minimum Gasteiger partial charge on any atom is -0.497 e. The molecule has 0 saturated carbocycles. The fourth-order valence-corrected chi connectivity index (χ4v) is 6.34. The summed E-state index contributed by atoms with van der Waals surface area (Å²) in [6, 6.07) is 16.7. The molecule has 1 fully saturated rings. The Morgan fingerprint density at radius 1 is 1.08 bits per heavy atom. The van der Waals surface area contributed by atoms with E-state index in [1.165, 1.54) is 6.07 Å². The molecule has 3 amide bonds. The number of anilines is 1. The number of ether oxygens (including phenoxy) is 2. The zero-order valence-electron chi connectivity index (χ0n) is 19.3. The van der Waals surface area contributed by atoms with Crippen molar-refractivity contribution in [2.75, 3.05) is 19.0 Å². The van der Waals surface area contributed by atoms with Crippen LogP contribution in [0.2, 0.25) is 0 Å². The summed E-state index contributed by atoms with van der Waals surface area (Å²) in [4.78, 5) is 38.9. The first kappa shape index (κ1) is 27.4. The van der Waals surface area contributed by atoms with Gasteiger partial charge in [-0.05, 0) is 111 Å². The molecule has 1 aliphatic rings. The van der Waals surface area contributed by atoms with Gasteiger partial charge in [-0.25, -0.2) is 4.39 Å². The number of carbonyl (C=O) groups is 3. The number of hydrogen-bond donors (Lipinski definition) is 1.